The van der Waals surface area contributed by atoms with Gasteiger partial charge in [-0.25, -0.2) is 0 Å². The van der Waals surface area contributed by atoms with E-state index in [1.54, 1.807) is 0 Å². The highest BCUT2D eigenvalue weighted by Crippen LogP contribution is 2.28. The number of carbonyl (C=O) groups excluding carboxylic acids is 2. The molecule has 0 aromatic heterocycles. The van der Waals surface area contributed by atoms with Crippen LogP contribution in [0.15, 0.2) is 0 Å². The summed E-state index contributed by atoms with van der Waals surface area (Å²) in [6, 6.07) is 0. The summed E-state index contributed by atoms with van der Waals surface area (Å²) >= 11 is 0. The Kier molecular flexibility index (Phi) is 17.2. The first-order valence-corrected chi connectivity index (χ1v) is 15.4. The Morgan fingerprint density at radius 3 is 2.11 bits per heavy atom. The van der Waals surface area contributed by atoms with Crippen LogP contribution in [0.2, 0.25) is 0 Å². The number of aliphatic hydroxyl groups excluding tert-OH is 2. The van der Waals surface area contributed by atoms with Crippen LogP contribution >= 0.6 is 0 Å². The molecule has 8 nitrogen and oxygen atoms in total. The van der Waals surface area contributed by atoms with Gasteiger partial charge in [0.25, 0.3) is 0 Å². The van der Waals surface area contributed by atoms with Crippen molar-refractivity contribution in [2.45, 2.75) is 173 Å². The normalized spacial score (nSPS) is 29.6. The average Bonchev–Trinajstić information content (AvgIpc) is 2.89. The Hall–Kier alpha value is -1.22. The number of ether oxygens (including phenoxy) is 4. The van der Waals surface area contributed by atoms with Gasteiger partial charge in [-0.3, -0.25) is 9.59 Å². The second-order valence-corrected chi connectivity index (χ2v) is 11.2. The van der Waals surface area contributed by atoms with Crippen molar-refractivity contribution in [3.63, 3.8) is 0 Å². The van der Waals surface area contributed by atoms with Crippen molar-refractivity contribution in [2.24, 2.45) is 0 Å². The van der Waals surface area contributed by atoms with Gasteiger partial charge in [-0.05, 0) is 19.3 Å². The summed E-state index contributed by atoms with van der Waals surface area (Å²) in [5.74, 6) is -0.967. The van der Waals surface area contributed by atoms with Crippen LogP contribution in [0.3, 0.4) is 0 Å². The summed E-state index contributed by atoms with van der Waals surface area (Å²) in [5.41, 5.74) is 0. The molecular formula is C30H54O8. The first-order valence-electron chi connectivity index (χ1n) is 15.4. The molecular weight excluding hydrogens is 488 g/mol. The van der Waals surface area contributed by atoms with Crippen molar-refractivity contribution in [2.75, 3.05) is 6.61 Å². The van der Waals surface area contributed by atoms with Crippen LogP contribution in [-0.4, -0.2) is 65.6 Å². The predicted octanol–water partition coefficient (Wildman–Crippen LogP) is 5.74. The number of hydrogen-bond donors (Lipinski definition) is 2. The molecule has 222 valence electrons. The van der Waals surface area contributed by atoms with E-state index in [1.165, 1.54) is 64.7 Å². The van der Waals surface area contributed by atoms with Gasteiger partial charge in [0, 0.05) is 13.3 Å². The van der Waals surface area contributed by atoms with Gasteiger partial charge in [0.15, 0.2) is 12.4 Å². The monoisotopic (exact) mass is 542 g/mol. The number of aliphatic hydroxyl groups is 2. The van der Waals surface area contributed by atoms with Crippen molar-refractivity contribution in [3.8, 4) is 0 Å². The van der Waals surface area contributed by atoms with Crippen molar-refractivity contribution in [1.82, 2.24) is 0 Å². The Labute approximate surface area is 230 Å². The topological polar surface area (TPSA) is 112 Å². The summed E-state index contributed by atoms with van der Waals surface area (Å²) in [6.07, 6.45) is 14.9. The van der Waals surface area contributed by atoms with Crippen LogP contribution < -0.4 is 0 Å². The molecule has 6 atom stereocenters. The van der Waals surface area contributed by atoms with Crippen molar-refractivity contribution in [1.29, 1.82) is 0 Å². The fourth-order valence-electron chi connectivity index (χ4n) is 5.41. The Balaban J connectivity index is 1.89. The van der Waals surface area contributed by atoms with Gasteiger partial charge in [-0.15, -0.1) is 0 Å². The molecule has 0 radical (unpaired) electrons. The zero-order valence-electron chi connectivity index (χ0n) is 24.0. The third-order valence-electron chi connectivity index (χ3n) is 7.72. The highest BCUT2D eigenvalue weighted by atomic mass is 16.7. The van der Waals surface area contributed by atoms with Gasteiger partial charge >= 0.3 is 11.9 Å². The Morgan fingerprint density at radius 1 is 0.842 bits per heavy atom. The summed E-state index contributed by atoms with van der Waals surface area (Å²) in [7, 11) is 0. The first kappa shape index (κ1) is 33.0. The predicted molar refractivity (Wildman–Crippen MR) is 145 cm³/mol. The summed E-state index contributed by atoms with van der Waals surface area (Å²) in [6.45, 7) is 3.29. The lowest BCUT2D eigenvalue weighted by Crippen LogP contribution is -2.61. The number of fused-ring (bicyclic) bond motifs is 2. The van der Waals surface area contributed by atoms with E-state index in [2.05, 4.69) is 6.92 Å². The van der Waals surface area contributed by atoms with Gasteiger partial charge in [0.05, 0.1) is 6.10 Å². The minimum absolute atomic E-state index is 0.102. The first-order chi connectivity index (χ1) is 18.4. The summed E-state index contributed by atoms with van der Waals surface area (Å²) in [4.78, 5) is 23.8. The number of carbonyl (C=O) groups is 2. The Bertz CT molecular complexity index is 642. The van der Waals surface area contributed by atoms with E-state index in [1.807, 2.05) is 0 Å². The van der Waals surface area contributed by atoms with E-state index < -0.39 is 36.7 Å². The molecule has 2 rings (SSSR count). The quantitative estimate of drug-likeness (QED) is 0.224. The SMILES string of the molecule is CCCCCCCCCCCCC[C@@H]1CCCCCCCC(=O)OC[C@H]2O[C@@H](O1)[C@H](O)[C@@H](OC(C)=O)[C@@H]2O. The maximum atomic E-state index is 12.1. The Morgan fingerprint density at radius 2 is 1.45 bits per heavy atom. The van der Waals surface area contributed by atoms with Crippen LogP contribution in [0.25, 0.3) is 0 Å². The van der Waals surface area contributed by atoms with Gasteiger partial charge in [-0.1, -0.05) is 103 Å². The lowest BCUT2D eigenvalue weighted by molar-refractivity contribution is -0.314. The molecule has 38 heavy (non-hydrogen) atoms. The average molecular weight is 543 g/mol. The molecule has 2 heterocycles. The van der Waals surface area contributed by atoms with Crippen LogP contribution in [0.4, 0.5) is 0 Å². The maximum absolute atomic E-state index is 12.1. The lowest BCUT2D eigenvalue weighted by Gasteiger charge is -2.42. The van der Waals surface area contributed by atoms with E-state index in [0.29, 0.717) is 6.42 Å². The number of rotatable bonds is 13. The standard InChI is InChI=1S/C30H54O8/c1-3-4-5-6-7-8-9-10-11-13-16-19-24-20-17-14-12-15-18-21-26(32)35-22-25-27(33)29(36-23(2)31)28(34)30(37-24)38-25/h24-25,27-30,33-34H,3-22H2,1-2H3/t24-,25-,27-,28-,29+,30-/m1/s1. The van der Waals surface area contributed by atoms with Crippen LogP contribution in [0, 0.1) is 0 Å². The molecule has 2 aliphatic rings. The molecule has 0 aromatic carbocycles. The molecule has 8 heteroatoms. The van der Waals surface area contributed by atoms with Gasteiger partial charge in [0.1, 0.15) is 24.9 Å². The third kappa shape index (κ3) is 13.2. The number of hydrogen-bond acceptors (Lipinski definition) is 8. The highest BCUT2D eigenvalue weighted by Gasteiger charge is 2.48. The van der Waals surface area contributed by atoms with Crippen LogP contribution in [-0.2, 0) is 28.5 Å². The minimum Gasteiger partial charge on any atom is -0.463 e. The molecule has 2 aliphatic heterocycles. The molecule has 0 aliphatic carbocycles. The highest BCUT2D eigenvalue weighted by molar-refractivity contribution is 5.69. The van der Waals surface area contributed by atoms with E-state index in [0.717, 1.165) is 57.8 Å². The molecule has 0 spiro atoms. The van der Waals surface area contributed by atoms with Crippen LogP contribution in [0.1, 0.15) is 136 Å². The van der Waals surface area contributed by atoms with Crippen LogP contribution in [0.5, 0.6) is 0 Å². The van der Waals surface area contributed by atoms with E-state index in [-0.39, 0.29) is 18.7 Å². The number of cyclic esters (lactones) is 1. The molecule has 2 bridgehead atoms. The fraction of sp³-hybridized carbons (Fsp3) is 0.933. The molecule has 0 amide bonds. The summed E-state index contributed by atoms with van der Waals surface area (Å²) in [5, 5.41) is 21.6. The van der Waals surface area contributed by atoms with E-state index >= 15 is 0 Å². The number of esters is 2. The van der Waals surface area contributed by atoms with Gasteiger partial charge < -0.3 is 29.2 Å². The van der Waals surface area contributed by atoms with Crippen molar-refractivity contribution >= 4 is 11.9 Å². The zero-order valence-corrected chi connectivity index (χ0v) is 24.0. The molecule has 2 N–H and O–H groups in total. The molecule has 2 fully saturated rings. The van der Waals surface area contributed by atoms with E-state index in [9.17, 15) is 19.8 Å². The van der Waals surface area contributed by atoms with Crippen molar-refractivity contribution < 1.29 is 38.7 Å². The molecule has 0 unspecified atom stereocenters. The largest absolute Gasteiger partial charge is 0.463 e. The molecule has 0 saturated carbocycles. The minimum atomic E-state index is -1.34. The number of unbranched alkanes of at least 4 members (excludes halogenated alkanes) is 10. The smallest absolute Gasteiger partial charge is 0.305 e. The maximum Gasteiger partial charge on any atom is 0.305 e. The van der Waals surface area contributed by atoms with Gasteiger partial charge in [0.2, 0.25) is 0 Å². The van der Waals surface area contributed by atoms with Crippen molar-refractivity contribution in [3.05, 3.63) is 0 Å². The van der Waals surface area contributed by atoms with E-state index in [4.69, 9.17) is 18.9 Å². The molecule has 0 aromatic rings. The molecule has 2 saturated heterocycles. The lowest BCUT2D eigenvalue weighted by atomic mass is 9.98. The second kappa shape index (κ2) is 19.8. The van der Waals surface area contributed by atoms with Gasteiger partial charge in [-0.2, -0.15) is 0 Å². The second-order valence-electron chi connectivity index (χ2n) is 11.2. The third-order valence-corrected chi connectivity index (χ3v) is 7.72. The fourth-order valence-corrected chi connectivity index (χ4v) is 5.41. The summed E-state index contributed by atoms with van der Waals surface area (Å²) < 4.78 is 22.7. The zero-order chi connectivity index (χ0) is 27.6.